The summed E-state index contributed by atoms with van der Waals surface area (Å²) >= 11 is 0. The van der Waals surface area contributed by atoms with Gasteiger partial charge in [-0.15, -0.1) is 0 Å². The highest BCUT2D eigenvalue weighted by atomic mass is 16.1. The monoisotopic (exact) mass is 303 g/mol. The summed E-state index contributed by atoms with van der Waals surface area (Å²) in [6.45, 7) is 11.1. The standard InChI is InChI=1S/C18H29N3O/c1-11-14(12(2)21(6)20-11)10-16(22)19-15-9-13-7-8-18(15,5)17(13,3)4/h13,15H,7-10H2,1-6H3,(H,19,22). The van der Waals surface area contributed by atoms with Gasteiger partial charge in [0.25, 0.3) is 0 Å². The average molecular weight is 303 g/mol. The Bertz CT molecular complexity index is 616. The molecule has 2 saturated carbocycles. The average Bonchev–Trinajstić information content (AvgIpc) is 2.87. The highest BCUT2D eigenvalue weighted by Gasteiger charge is 2.61. The SMILES string of the molecule is Cc1nn(C)c(C)c1CC(=O)NC1CC2CCC1(C)C2(C)C. The van der Waals surface area contributed by atoms with Crippen molar-refractivity contribution in [1.82, 2.24) is 15.1 Å². The minimum atomic E-state index is 0.147. The van der Waals surface area contributed by atoms with E-state index >= 15 is 0 Å². The summed E-state index contributed by atoms with van der Waals surface area (Å²) in [5.41, 5.74) is 3.71. The molecular formula is C18H29N3O. The van der Waals surface area contributed by atoms with Gasteiger partial charge in [0.05, 0.1) is 12.1 Å². The van der Waals surface area contributed by atoms with Gasteiger partial charge in [-0.2, -0.15) is 5.10 Å². The molecule has 2 aliphatic carbocycles. The van der Waals surface area contributed by atoms with Crippen molar-refractivity contribution in [1.29, 1.82) is 0 Å². The number of hydrogen-bond acceptors (Lipinski definition) is 2. The number of aromatic nitrogens is 2. The highest BCUT2D eigenvalue weighted by Crippen LogP contribution is 2.65. The van der Waals surface area contributed by atoms with E-state index in [1.54, 1.807) is 0 Å². The highest BCUT2D eigenvalue weighted by molar-refractivity contribution is 5.79. The zero-order valence-electron chi connectivity index (χ0n) is 14.8. The minimum absolute atomic E-state index is 0.147. The molecule has 122 valence electrons. The number of amides is 1. The summed E-state index contributed by atoms with van der Waals surface area (Å²) in [7, 11) is 1.93. The van der Waals surface area contributed by atoms with Crippen LogP contribution in [0.4, 0.5) is 0 Å². The summed E-state index contributed by atoms with van der Waals surface area (Å²) in [4.78, 5) is 12.6. The molecule has 3 atom stereocenters. The Balaban J connectivity index is 1.71. The molecule has 4 heteroatoms. The van der Waals surface area contributed by atoms with Crippen molar-refractivity contribution in [3.8, 4) is 0 Å². The van der Waals surface area contributed by atoms with Gasteiger partial charge in [-0.05, 0) is 49.9 Å². The second kappa shape index (κ2) is 4.84. The van der Waals surface area contributed by atoms with Crippen LogP contribution in [0, 0.1) is 30.6 Å². The predicted octanol–water partition coefficient (Wildman–Crippen LogP) is 2.91. The van der Waals surface area contributed by atoms with Gasteiger partial charge >= 0.3 is 0 Å². The zero-order chi connectivity index (χ0) is 16.3. The fraction of sp³-hybridized carbons (Fsp3) is 0.778. The summed E-state index contributed by atoms with van der Waals surface area (Å²) in [5.74, 6) is 0.901. The van der Waals surface area contributed by atoms with Crippen molar-refractivity contribution in [2.75, 3.05) is 0 Å². The van der Waals surface area contributed by atoms with E-state index in [2.05, 4.69) is 31.2 Å². The van der Waals surface area contributed by atoms with E-state index in [-0.39, 0.29) is 11.3 Å². The van der Waals surface area contributed by atoms with Crippen LogP contribution in [0.15, 0.2) is 0 Å². The van der Waals surface area contributed by atoms with Crippen LogP contribution in [0.25, 0.3) is 0 Å². The molecule has 0 aliphatic heterocycles. The molecule has 4 nitrogen and oxygen atoms in total. The molecule has 1 aromatic heterocycles. The van der Waals surface area contributed by atoms with Gasteiger partial charge in [0.1, 0.15) is 0 Å². The maximum atomic E-state index is 12.6. The molecule has 0 saturated heterocycles. The Morgan fingerprint density at radius 1 is 1.36 bits per heavy atom. The first-order valence-electron chi connectivity index (χ1n) is 8.45. The van der Waals surface area contributed by atoms with Gasteiger partial charge < -0.3 is 5.32 Å². The third-order valence-corrected chi connectivity index (χ3v) is 7.13. The number of fused-ring (bicyclic) bond motifs is 2. The van der Waals surface area contributed by atoms with Crippen molar-refractivity contribution in [2.45, 2.75) is 66.3 Å². The van der Waals surface area contributed by atoms with E-state index in [9.17, 15) is 4.79 Å². The molecule has 2 fully saturated rings. The van der Waals surface area contributed by atoms with Crippen LogP contribution in [0.3, 0.4) is 0 Å². The largest absolute Gasteiger partial charge is 0.353 e. The van der Waals surface area contributed by atoms with Gasteiger partial charge in [0, 0.05) is 24.3 Å². The fourth-order valence-corrected chi connectivity index (χ4v) is 4.90. The molecule has 1 amide bonds. The van der Waals surface area contributed by atoms with Gasteiger partial charge in [0.2, 0.25) is 5.91 Å². The van der Waals surface area contributed by atoms with Crippen molar-refractivity contribution < 1.29 is 4.79 Å². The van der Waals surface area contributed by atoms with Gasteiger partial charge in [-0.3, -0.25) is 9.48 Å². The van der Waals surface area contributed by atoms with Crippen LogP contribution in [-0.4, -0.2) is 21.7 Å². The molecule has 0 radical (unpaired) electrons. The topological polar surface area (TPSA) is 46.9 Å². The molecule has 1 N–H and O–H groups in total. The maximum Gasteiger partial charge on any atom is 0.224 e. The third-order valence-electron chi connectivity index (χ3n) is 7.13. The van der Waals surface area contributed by atoms with Crippen LogP contribution in [0.2, 0.25) is 0 Å². The van der Waals surface area contributed by atoms with Crippen molar-refractivity contribution >= 4 is 5.91 Å². The lowest BCUT2D eigenvalue weighted by molar-refractivity contribution is -0.122. The Labute approximate surface area is 133 Å². The minimum Gasteiger partial charge on any atom is -0.353 e. The van der Waals surface area contributed by atoms with Crippen LogP contribution >= 0.6 is 0 Å². The van der Waals surface area contributed by atoms with E-state index in [0.29, 0.717) is 17.9 Å². The Morgan fingerprint density at radius 2 is 2.05 bits per heavy atom. The molecule has 0 aromatic carbocycles. The molecular weight excluding hydrogens is 274 g/mol. The van der Waals surface area contributed by atoms with E-state index in [1.165, 1.54) is 12.8 Å². The third kappa shape index (κ3) is 2.03. The quantitative estimate of drug-likeness (QED) is 0.933. The normalized spacial score (nSPS) is 32.5. The Hall–Kier alpha value is -1.32. The number of carbonyl (C=O) groups is 1. The summed E-state index contributed by atoms with van der Waals surface area (Å²) in [6.07, 6.45) is 4.14. The summed E-state index contributed by atoms with van der Waals surface area (Å²) in [6, 6.07) is 0.325. The first kappa shape index (κ1) is 15.6. The smallest absolute Gasteiger partial charge is 0.224 e. The summed E-state index contributed by atoms with van der Waals surface area (Å²) in [5, 5.41) is 7.75. The molecule has 3 rings (SSSR count). The molecule has 0 spiro atoms. The lowest BCUT2D eigenvalue weighted by Gasteiger charge is -2.39. The Morgan fingerprint density at radius 3 is 2.50 bits per heavy atom. The van der Waals surface area contributed by atoms with Crippen molar-refractivity contribution in [2.24, 2.45) is 23.8 Å². The molecule has 1 heterocycles. The van der Waals surface area contributed by atoms with E-state index in [1.807, 2.05) is 25.6 Å². The number of nitrogens with zero attached hydrogens (tertiary/aromatic N) is 2. The number of nitrogens with one attached hydrogen (secondary N) is 1. The number of aryl methyl sites for hydroxylation is 2. The number of carbonyl (C=O) groups excluding carboxylic acids is 1. The van der Waals surface area contributed by atoms with E-state index in [4.69, 9.17) is 0 Å². The lowest BCUT2D eigenvalue weighted by Crippen LogP contribution is -2.47. The van der Waals surface area contributed by atoms with Crippen molar-refractivity contribution in [3.05, 3.63) is 17.0 Å². The molecule has 22 heavy (non-hydrogen) atoms. The van der Waals surface area contributed by atoms with E-state index < -0.39 is 0 Å². The van der Waals surface area contributed by atoms with Crippen molar-refractivity contribution in [3.63, 3.8) is 0 Å². The Kier molecular flexibility index (Phi) is 3.42. The molecule has 1 aromatic rings. The first-order chi connectivity index (χ1) is 10.2. The fourth-order valence-electron chi connectivity index (χ4n) is 4.90. The van der Waals surface area contributed by atoms with Crippen LogP contribution in [-0.2, 0) is 18.3 Å². The predicted molar refractivity (Wildman–Crippen MR) is 87.5 cm³/mol. The number of rotatable bonds is 3. The first-order valence-corrected chi connectivity index (χ1v) is 8.45. The molecule has 3 unspecified atom stereocenters. The second-order valence-electron chi connectivity index (χ2n) is 8.18. The van der Waals surface area contributed by atoms with Crippen LogP contribution in [0.5, 0.6) is 0 Å². The number of hydrogen-bond donors (Lipinski definition) is 1. The van der Waals surface area contributed by atoms with Crippen LogP contribution in [0.1, 0.15) is 57.0 Å². The summed E-state index contributed by atoms with van der Waals surface area (Å²) < 4.78 is 1.86. The van der Waals surface area contributed by atoms with Crippen LogP contribution < -0.4 is 5.32 Å². The van der Waals surface area contributed by atoms with Gasteiger partial charge in [-0.25, -0.2) is 0 Å². The van der Waals surface area contributed by atoms with Gasteiger partial charge in [0.15, 0.2) is 0 Å². The maximum absolute atomic E-state index is 12.6. The zero-order valence-corrected chi connectivity index (χ0v) is 14.8. The molecule has 2 bridgehead atoms. The van der Waals surface area contributed by atoms with E-state index in [0.717, 1.165) is 29.3 Å². The second-order valence-corrected chi connectivity index (χ2v) is 8.18. The lowest BCUT2D eigenvalue weighted by atomic mass is 9.69. The van der Waals surface area contributed by atoms with Gasteiger partial charge in [-0.1, -0.05) is 20.8 Å². The molecule has 2 aliphatic rings.